The summed E-state index contributed by atoms with van der Waals surface area (Å²) in [6.45, 7) is 1.91. The van der Waals surface area contributed by atoms with E-state index in [0.717, 1.165) is 17.2 Å². The molecule has 4 heteroatoms. The monoisotopic (exact) mass is 300 g/mol. The molecule has 0 nitrogen and oxygen atoms in total. The van der Waals surface area contributed by atoms with Crippen molar-refractivity contribution in [2.24, 2.45) is 0 Å². The van der Waals surface area contributed by atoms with Crippen LogP contribution in [-0.4, -0.2) is 0 Å². The largest absolute Gasteiger partial charge is 0.204 e. The number of aryl methyl sites for hydroxylation is 1. The highest BCUT2D eigenvalue weighted by Gasteiger charge is 2.12. The Morgan fingerprint density at radius 2 is 1.79 bits per heavy atom. The van der Waals surface area contributed by atoms with Gasteiger partial charge in [0.25, 0.3) is 0 Å². The fourth-order valence-electron chi connectivity index (χ4n) is 1.80. The molecule has 0 aliphatic carbocycles. The zero-order chi connectivity index (χ0) is 14.0. The lowest BCUT2D eigenvalue weighted by molar-refractivity contribution is 0.507. The number of alkyl halides is 1. The number of hydrogen-bond acceptors (Lipinski definition) is 0. The second kappa shape index (κ2) is 5.89. The molecule has 0 N–H and O–H groups in total. The van der Waals surface area contributed by atoms with E-state index in [2.05, 4.69) is 0 Å². The van der Waals surface area contributed by atoms with Crippen LogP contribution in [-0.2, 0) is 6.42 Å². The van der Waals surface area contributed by atoms with Gasteiger partial charge in [-0.2, -0.15) is 0 Å². The number of benzene rings is 2. The van der Waals surface area contributed by atoms with Gasteiger partial charge in [0.2, 0.25) is 0 Å². The van der Waals surface area contributed by atoms with Crippen molar-refractivity contribution >= 4 is 23.2 Å². The second-order valence-electron chi connectivity index (χ2n) is 4.43. The third-order valence-corrected chi connectivity index (χ3v) is 3.77. The van der Waals surface area contributed by atoms with Gasteiger partial charge in [-0.25, -0.2) is 8.78 Å². The van der Waals surface area contributed by atoms with Crippen LogP contribution >= 0.6 is 23.2 Å². The normalized spacial score (nSPS) is 12.5. The Morgan fingerprint density at radius 1 is 1.05 bits per heavy atom. The fourth-order valence-corrected chi connectivity index (χ4v) is 2.30. The van der Waals surface area contributed by atoms with Crippen LogP contribution in [0.2, 0.25) is 5.02 Å². The molecular formula is C15H12Cl2F2. The van der Waals surface area contributed by atoms with E-state index in [-0.39, 0.29) is 5.38 Å². The molecule has 0 radical (unpaired) electrons. The van der Waals surface area contributed by atoms with E-state index in [1.54, 1.807) is 6.07 Å². The van der Waals surface area contributed by atoms with Crippen molar-refractivity contribution in [3.8, 4) is 0 Å². The molecule has 0 amide bonds. The molecule has 0 aliphatic heterocycles. The van der Waals surface area contributed by atoms with Gasteiger partial charge in [-0.1, -0.05) is 29.8 Å². The zero-order valence-electron chi connectivity index (χ0n) is 10.3. The average molecular weight is 301 g/mol. The van der Waals surface area contributed by atoms with E-state index in [4.69, 9.17) is 23.2 Å². The first-order valence-corrected chi connectivity index (χ1v) is 6.63. The lowest BCUT2D eigenvalue weighted by atomic mass is 10.0. The molecule has 100 valence electrons. The summed E-state index contributed by atoms with van der Waals surface area (Å²) >= 11 is 12.3. The number of hydrogen-bond donors (Lipinski definition) is 0. The first-order valence-electron chi connectivity index (χ1n) is 5.81. The van der Waals surface area contributed by atoms with E-state index in [9.17, 15) is 8.78 Å². The van der Waals surface area contributed by atoms with Gasteiger partial charge in [0.15, 0.2) is 11.6 Å². The maximum atomic E-state index is 13.1. The molecule has 0 saturated heterocycles. The maximum absolute atomic E-state index is 13.1. The van der Waals surface area contributed by atoms with Crippen molar-refractivity contribution in [3.63, 3.8) is 0 Å². The summed E-state index contributed by atoms with van der Waals surface area (Å²) in [4.78, 5) is 0. The van der Waals surface area contributed by atoms with Crippen molar-refractivity contribution < 1.29 is 8.78 Å². The molecule has 0 bridgehead atoms. The van der Waals surface area contributed by atoms with E-state index in [1.165, 1.54) is 12.1 Å². The van der Waals surface area contributed by atoms with Gasteiger partial charge in [-0.3, -0.25) is 0 Å². The van der Waals surface area contributed by atoms with Crippen molar-refractivity contribution in [2.75, 3.05) is 0 Å². The summed E-state index contributed by atoms with van der Waals surface area (Å²) < 4.78 is 25.9. The number of halogens is 4. The van der Waals surface area contributed by atoms with Gasteiger partial charge in [0.05, 0.1) is 5.38 Å². The molecule has 1 unspecified atom stereocenters. The van der Waals surface area contributed by atoms with Crippen LogP contribution in [0.15, 0.2) is 36.4 Å². The van der Waals surface area contributed by atoms with Gasteiger partial charge in [-0.05, 0) is 48.2 Å². The fraction of sp³-hybridized carbons (Fsp3) is 0.200. The van der Waals surface area contributed by atoms with Gasteiger partial charge in [0.1, 0.15) is 0 Å². The molecule has 0 spiro atoms. The van der Waals surface area contributed by atoms with Gasteiger partial charge in [-0.15, -0.1) is 11.6 Å². The molecule has 0 aliphatic rings. The predicted octanol–water partition coefficient (Wildman–Crippen LogP) is 5.45. The summed E-state index contributed by atoms with van der Waals surface area (Å²) in [5, 5.41) is 0.316. The molecule has 2 rings (SSSR count). The molecule has 2 aromatic rings. The lowest BCUT2D eigenvalue weighted by Gasteiger charge is -2.11. The van der Waals surface area contributed by atoms with Crippen LogP contribution in [0.4, 0.5) is 8.78 Å². The first kappa shape index (κ1) is 14.3. The second-order valence-corrected chi connectivity index (χ2v) is 5.36. The highest BCUT2D eigenvalue weighted by Crippen LogP contribution is 2.28. The van der Waals surface area contributed by atoms with Crippen LogP contribution in [0, 0.1) is 18.6 Å². The summed E-state index contributed by atoms with van der Waals surface area (Å²) in [6.07, 6.45) is 0.415. The van der Waals surface area contributed by atoms with Crippen LogP contribution < -0.4 is 0 Å². The first-order chi connectivity index (χ1) is 8.97. The molecular weight excluding hydrogens is 289 g/mol. The summed E-state index contributed by atoms with van der Waals surface area (Å²) in [7, 11) is 0. The summed E-state index contributed by atoms with van der Waals surface area (Å²) in [5.41, 5.74) is 2.49. The summed E-state index contributed by atoms with van der Waals surface area (Å²) in [5.74, 6) is -1.71. The minimum atomic E-state index is -0.858. The smallest absolute Gasteiger partial charge is 0.159 e. The minimum absolute atomic E-state index is 0.331. The maximum Gasteiger partial charge on any atom is 0.159 e. The summed E-state index contributed by atoms with van der Waals surface area (Å²) in [6, 6.07) is 9.38. The lowest BCUT2D eigenvalue weighted by Crippen LogP contribution is -1.98. The molecule has 19 heavy (non-hydrogen) atoms. The van der Waals surface area contributed by atoms with E-state index < -0.39 is 11.6 Å². The SMILES string of the molecule is Cc1ccc(C(Cl)Cc2ccc(F)c(F)c2)cc1Cl. The van der Waals surface area contributed by atoms with E-state index in [1.807, 2.05) is 19.1 Å². The van der Waals surface area contributed by atoms with Gasteiger partial charge < -0.3 is 0 Å². The highest BCUT2D eigenvalue weighted by atomic mass is 35.5. The topological polar surface area (TPSA) is 0 Å². The molecule has 0 fully saturated rings. The Kier molecular flexibility index (Phi) is 4.43. The Balaban J connectivity index is 2.17. The molecule has 0 saturated carbocycles. The van der Waals surface area contributed by atoms with Crippen LogP contribution in [0.25, 0.3) is 0 Å². The minimum Gasteiger partial charge on any atom is -0.204 e. The van der Waals surface area contributed by atoms with Crippen LogP contribution in [0.3, 0.4) is 0 Å². The third kappa shape index (κ3) is 3.46. The van der Waals surface area contributed by atoms with Crippen LogP contribution in [0.5, 0.6) is 0 Å². The molecule has 0 aromatic heterocycles. The Morgan fingerprint density at radius 3 is 2.42 bits per heavy atom. The average Bonchev–Trinajstić information content (AvgIpc) is 2.37. The quantitative estimate of drug-likeness (QED) is 0.661. The van der Waals surface area contributed by atoms with Gasteiger partial charge in [0, 0.05) is 5.02 Å². The molecule has 2 aromatic carbocycles. The van der Waals surface area contributed by atoms with Crippen molar-refractivity contribution in [2.45, 2.75) is 18.7 Å². The molecule has 1 atom stereocenters. The number of rotatable bonds is 3. The van der Waals surface area contributed by atoms with E-state index in [0.29, 0.717) is 17.0 Å². The van der Waals surface area contributed by atoms with Gasteiger partial charge >= 0.3 is 0 Å². The third-order valence-electron chi connectivity index (χ3n) is 2.96. The van der Waals surface area contributed by atoms with Crippen molar-refractivity contribution in [3.05, 3.63) is 69.7 Å². The van der Waals surface area contributed by atoms with Crippen LogP contribution in [0.1, 0.15) is 22.1 Å². The van der Waals surface area contributed by atoms with E-state index >= 15 is 0 Å². The van der Waals surface area contributed by atoms with Crippen molar-refractivity contribution in [1.29, 1.82) is 0 Å². The Bertz CT molecular complexity index is 597. The van der Waals surface area contributed by atoms with Crippen molar-refractivity contribution in [1.82, 2.24) is 0 Å². The highest BCUT2D eigenvalue weighted by molar-refractivity contribution is 6.31. The predicted molar refractivity (Wildman–Crippen MR) is 74.8 cm³/mol. The standard InChI is InChI=1S/C15H12Cl2F2/c1-9-2-4-11(8-12(9)16)13(17)6-10-3-5-14(18)15(19)7-10/h2-5,7-8,13H,6H2,1H3. The Hall–Kier alpha value is -1.12. The molecule has 0 heterocycles. The Labute approximate surface area is 121 Å². The zero-order valence-corrected chi connectivity index (χ0v) is 11.8.